The van der Waals surface area contributed by atoms with Gasteiger partial charge in [0.05, 0.1) is 17.1 Å². The van der Waals surface area contributed by atoms with E-state index in [1.807, 2.05) is 85.8 Å². The molecule has 4 aromatic rings. The molecule has 0 fully saturated rings. The first-order valence-electron chi connectivity index (χ1n) is 14.5. The molecule has 1 aromatic heterocycles. The van der Waals surface area contributed by atoms with Crippen LogP contribution in [-0.4, -0.2) is 29.4 Å². The summed E-state index contributed by atoms with van der Waals surface area (Å²) in [6.07, 6.45) is 11.6. The highest BCUT2D eigenvalue weighted by Crippen LogP contribution is 2.41. The van der Waals surface area contributed by atoms with Crippen LogP contribution in [0, 0.1) is 6.92 Å². The number of imide groups is 1. The van der Waals surface area contributed by atoms with Crippen LogP contribution in [0.25, 0.3) is 23.8 Å². The summed E-state index contributed by atoms with van der Waals surface area (Å²) in [6.45, 7) is 3.65. The number of amides is 2. The monoisotopic (exact) mass is 595 g/mol. The predicted octanol–water partition coefficient (Wildman–Crippen LogP) is 8.04. The molecule has 220 valence electrons. The summed E-state index contributed by atoms with van der Waals surface area (Å²) < 4.78 is 31.2. The molecule has 0 atom stereocenters. The zero-order valence-electron chi connectivity index (χ0n) is 24.7. The van der Waals surface area contributed by atoms with Gasteiger partial charge in [-0.25, -0.2) is 9.89 Å². The number of aromatic nitrogens is 1. The Morgan fingerprint density at radius 2 is 1.33 bits per heavy atom. The Balaban J connectivity index is 1.59. The van der Waals surface area contributed by atoms with Crippen LogP contribution < -0.4 is 4.90 Å². The van der Waals surface area contributed by atoms with Crippen molar-refractivity contribution in [2.75, 3.05) is 4.90 Å². The first kappa shape index (κ1) is 29.4. The standard InChI is InChI=1S/C37H28BF2N3O2/c1-25-23-29(19-17-27-11-5-3-6-12-27)41-36(25)35(31-15-9-10-16-32(31)42-33(44)21-22-34(42)45)37-26(2)24-30(43(37)38(39)40)20-18-28-13-7-4-8-14-28/h3-24H,1-2H3/b19-17+,20-18+,36-35-. The van der Waals surface area contributed by atoms with E-state index in [0.717, 1.165) is 26.1 Å². The van der Waals surface area contributed by atoms with Crippen molar-refractivity contribution in [1.29, 1.82) is 0 Å². The van der Waals surface area contributed by atoms with E-state index < -0.39 is 19.2 Å². The fraction of sp³-hybridized carbons (Fsp3) is 0.0541. The van der Waals surface area contributed by atoms with Crippen LogP contribution in [0.2, 0.25) is 0 Å². The number of para-hydroxylation sites is 1. The molecule has 0 aliphatic carbocycles. The number of aliphatic imine (C=N–C) groups is 1. The number of hydrogen-bond donors (Lipinski definition) is 0. The molecule has 0 saturated heterocycles. The van der Waals surface area contributed by atoms with Crippen LogP contribution in [0.4, 0.5) is 14.3 Å². The normalized spacial score (nSPS) is 15.9. The average molecular weight is 595 g/mol. The lowest BCUT2D eigenvalue weighted by atomic mass is 9.93. The highest BCUT2D eigenvalue weighted by Gasteiger charge is 2.33. The second-order valence-corrected chi connectivity index (χ2v) is 10.7. The second kappa shape index (κ2) is 12.5. The number of halogens is 2. The lowest BCUT2D eigenvalue weighted by molar-refractivity contribution is -0.119. The van der Waals surface area contributed by atoms with Crippen LogP contribution in [0.1, 0.15) is 40.6 Å². The zero-order valence-corrected chi connectivity index (χ0v) is 24.7. The van der Waals surface area contributed by atoms with Gasteiger partial charge in [-0.15, -0.1) is 0 Å². The van der Waals surface area contributed by atoms with Gasteiger partial charge in [0.25, 0.3) is 11.8 Å². The van der Waals surface area contributed by atoms with E-state index in [4.69, 9.17) is 4.99 Å². The van der Waals surface area contributed by atoms with E-state index >= 15 is 8.63 Å². The number of rotatable bonds is 8. The molecular formula is C37H28BF2N3O2. The largest absolute Gasteiger partial charge is 0.678 e. The topological polar surface area (TPSA) is 54.7 Å². The fourth-order valence-corrected chi connectivity index (χ4v) is 5.59. The van der Waals surface area contributed by atoms with Crippen LogP contribution in [0.5, 0.6) is 0 Å². The molecule has 3 aromatic carbocycles. The van der Waals surface area contributed by atoms with Crippen molar-refractivity contribution in [3.8, 4) is 0 Å². The molecule has 0 bridgehead atoms. The minimum Gasteiger partial charge on any atom is -0.325 e. The molecule has 0 spiro atoms. The van der Waals surface area contributed by atoms with Gasteiger partial charge in [0, 0.05) is 34.7 Å². The van der Waals surface area contributed by atoms with E-state index in [1.165, 1.54) is 12.2 Å². The maximum Gasteiger partial charge on any atom is 0.678 e. The van der Waals surface area contributed by atoms with Gasteiger partial charge in [-0.2, -0.15) is 0 Å². The van der Waals surface area contributed by atoms with Gasteiger partial charge in [-0.05, 0) is 66.5 Å². The quantitative estimate of drug-likeness (QED) is 0.153. The average Bonchev–Trinajstić information content (AvgIpc) is 3.70. The van der Waals surface area contributed by atoms with E-state index in [1.54, 1.807) is 49.4 Å². The lowest BCUT2D eigenvalue weighted by Gasteiger charge is -2.22. The van der Waals surface area contributed by atoms with Gasteiger partial charge in [0.1, 0.15) is 0 Å². The number of aryl methyl sites for hydroxylation is 1. The van der Waals surface area contributed by atoms with Gasteiger partial charge in [0.2, 0.25) is 0 Å². The van der Waals surface area contributed by atoms with Crippen LogP contribution in [0.15, 0.2) is 132 Å². The summed E-state index contributed by atoms with van der Waals surface area (Å²) in [5.41, 5.74) is 6.01. The molecular weight excluding hydrogens is 567 g/mol. The molecule has 0 saturated carbocycles. The minimum atomic E-state index is -2.89. The molecule has 8 heteroatoms. The Labute approximate surface area is 260 Å². The number of allylic oxidation sites excluding steroid dienone is 3. The number of nitrogens with zero attached hydrogens (tertiary/aromatic N) is 3. The van der Waals surface area contributed by atoms with Crippen LogP contribution >= 0.6 is 0 Å². The summed E-state index contributed by atoms with van der Waals surface area (Å²) in [5, 5.41) is 0. The Bertz CT molecular complexity index is 1970. The number of benzene rings is 3. The van der Waals surface area contributed by atoms with Gasteiger partial charge in [0.15, 0.2) is 0 Å². The van der Waals surface area contributed by atoms with Gasteiger partial charge in [-0.3, -0.25) is 18.2 Å². The summed E-state index contributed by atoms with van der Waals surface area (Å²) in [5.74, 6) is -1.00. The van der Waals surface area contributed by atoms with E-state index in [2.05, 4.69) is 0 Å². The first-order chi connectivity index (χ1) is 21.8. The Kier molecular flexibility index (Phi) is 8.21. The van der Waals surface area contributed by atoms with Gasteiger partial charge in [-0.1, -0.05) is 91.0 Å². The summed E-state index contributed by atoms with van der Waals surface area (Å²) >= 11 is 0. The van der Waals surface area contributed by atoms with Crippen molar-refractivity contribution in [2.45, 2.75) is 13.8 Å². The molecule has 5 nitrogen and oxygen atoms in total. The number of carbonyl (C=O) groups is 2. The molecule has 0 N–H and O–H groups in total. The highest BCUT2D eigenvalue weighted by molar-refractivity contribution is 6.42. The maximum absolute atomic E-state index is 15.1. The molecule has 2 aliphatic rings. The van der Waals surface area contributed by atoms with Crippen molar-refractivity contribution in [2.24, 2.45) is 4.99 Å². The molecule has 2 aliphatic heterocycles. The summed E-state index contributed by atoms with van der Waals surface area (Å²) in [6, 6.07) is 27.8. The SMILES string of the molecule is CC1=CC(/C=C/c2ccccc2)=NC/1=C(/c1ccccc1N1C(=O)C=CC1=O)c1c(C)cc(/C=C/c2ccccc2)n1B(F)F. The second-order valence-electron chi connectivity index (χ2n) is 10.7. The molecule has 2 amide bonds. The first-order valence-corrected chi connectivity index (χ1v) is 14.5. The number of anilines is 1. The van der Waals surface area contributed by atoms with Crippen LogP contribution in [0.3, 0.4) is 0 Å². The third kappa shape index (κ3) is 5.95. The van der Waals surface area contributed by atoms with Crippen molar-refractivity contribution in [3.05, 3.63) is 160 Å². The molecule has 0 unspecified atom stereocenters. The van der Waals surface area contributed by atoms with E-state index in [-0.39, 0.29) is 5.69 Å². The number of carbonyl (C=O) groups excluding carboxylic acids is 2. The Morgan fingerprint density at radius 1 is 0.756 bits per heavy atom. The minimum absolute atomic E-state index is 0.247. The summed E-state index contributed by atoms with van der Waals surface area (Å²) in [7, 11) is -2.89. The molecule has 45 heavy (non-hydrogen) atoms. The fourth-order valence-electron chi connectivity index (χ4n) is 5.59. The third-order valence-electron chi connectivity index (χ3n) is 7.62. The third-order valence-corrected chi connectivity index (χ3v) is 7.62. The summed E-state index contributed by atoms with van der Waals surface area (Å²) in [4.78, 5) is 31.7. The van der Waals surface area contributed by atoms with Gasteiger partial charge >= 0.3 is 7.40 Å². The molecule has 6 rings (SSSR count). The maximum atomic E-state index is 15.1. The molecule has 0 radical (unpaired) electrons. The molecule has 3 heterocycles. The van der Waals surface area contributed by atoms with Crippen molar-refractivity contribution in [3.63, 3.8) is 0 Å². The van der Waals surface area contributed by atoms with Crippen molar-refractivity contribution in [1.82, 2.24) is 4.48 Å². The van der Waals surface area contributed by atoms with Gasteiger partial charge < -0.3 is 4.48 Å². The Morgan fingerprint density at radius 3 is 1.96 bits per heavy atom. The zero-order chi connectivity index (χ0) is 31.5. The van der Waals surface area contributed by atoms with Crippen LogP contribution in [-0.2, 0) is 9.59 Å². The highest BCUT2D eigenvalue weighted by atomic mass is 19.2. The number of hydrogen-bond acceptors (Lipinski definition) is 3. The lowest BCUT2D eigenvalue weighted by Crippen LogP contribution is -2.30. The van der Waals surface area contributed by atoms with Crippen molar-refractivity contribution < 1.29 is 18.2 Å². The van der Waals surface area contributed by atoms with Crippen molar-refractivity contribution >= 4 is 54.4 Å². The Hall–Kier alpha value is -5.63. The van der Waals surface area contributed by atoms with E-state index in [9.17, 15) is 9.59 Å². The smallest absolute Gasteiger partial charge is 0.325 e. The van der Waals surface area contributed by atoms with E-state index in [0.29, 0.717) is 39.5 Å². The predicted molar refractivity (Wildman–Crippen MR) is 179 cm³/mol.